The Morgan fingerprint density at radius 1 is 0.788 bits per heavy atom. The second-order valence-electron chi connectivity index (χ2n) is 7.66. The minimum atomic E-state index is -0.325. The van der Waals surface area contributed by atoms with Gasteiger partial charge in [0.05, 0.1) is 14.2 Å². The summed E-state index contributed by atoms with van der Waals surface area (Å²) in [5.74, 6) is 0.839. The van der Waals surface area contributed by atoms with E-state index in [0.29, 0.717) is 28.5 Å². The third-order valence-corrected chi connectivity index (χ3v) is 5.07. The van der Waals surface area contributed by atoms with Crippen molar-refractivity contribution in [3.05, 3.63) is 76.9 Å². The minimum absolute atomic E-state index is 0.213. The summed E-state index contributed by atoms with van der Waals surface area (Å²) in [5.41, 5.74) is 4.97. The molecule has 0 saturated heterocycles. The maximum Gasteiger partial charge on any atom is 0.262 e. The van der Waals surface area contributed by atoms with Gasteiger partial charge in [0.1, 0.15) is 5.75 Å². The number of methoxy groups -OCH3 is 2. The van der Waals surface area contributed by atoms with Crippen molar-refractivity contribution in [2.75, 3.05) is 31.5 Å². The standard InChI is InChI=1S/C26H28N2O5/c1-16-12-17(2)25(18(3)13-16)28-26(30)19-6-11-22(23(14-19)32-5)33-15-24(29)27-20-7-9-21(31-4)10-8-20/h6-14H,15H2,1-5H3,(H,27,29)(H,28,30). The molecule has 2 amide bonds. The predicted molar refractivity (Wildman–Crippen MR) is 129 cm³/mol. The molecule has 0 aliphatic heterocycles. The molecule has 33 heavy (non-hydrogen) atoms. The first-order valence-corrected chi connectivity index (χ1v) is 10.4. The molecule has 0 aliphatic carbocycles. The summed E-state index contributed by atoms with van der Waals surface area (Å²) in [6.07, 6.45) is 0. The Balaban J connectivity index is 1.65. The molecular formula is C26H28N2O5. The zero-order valence-corrected chi connectivity index (χ0v) is 19.4. The summed E-state index contributed by atoms with van der Waals surface area (Å²) in [6, 6.07) is 15.9. The second-order valence-corrected chi connectivity index (χ2v) is 7.66. The van der Waals surface area contributed by atoms with Crippen LogP contribution in [0.1, 0.15) is 27.0 Å². The normalized spacial score (nSPS) is 10.3. The molecule has 3 aromatic carbocycles. The molecule has 0 spiro atoms. The van der Waals surface area contributed by atoms with E-state index in [4.69, 9.17) is 14.2 Å². The lowest BCUT2D eigenvalue weighted by Gasteiger charge is -2.15. The van der Waals surface area contributed by atoms with Gasteiger partial charge in [0.2, 0.25) is 0 Å². The van der Waals surface area contributed by atoms with Crippen molar-refractivity contribution in [3.63, 3.8) is 0 Å². The van der Waals surface area contributed by atoms with Crippen LogP contribution in [-0.4, -0.2) is 32.6 Å². The Morgan fingerprint density at radius 3 is 2.06 bits per heavy atom. The van der Waals surface area contributed by atoms with Gasteiger partial charge in [-0.3, -0.25) is 9.59 Å². The summed E-state index contributed by atoms with van der Waals surface area (Å²) in [6.45, 7) is 5.73. The number of rotatable bonds is 8. The van der Waals surface area contributed by atoms with Gasteiger partial charge in [-0.25, -0.2) is 0 Å². The fourth-order valence-electron chi connectivity index (χ4n) is 3.51. The van der Waals surface area contributed by atoms with Gasteiger partial charge >= 0.3 is 0 Å². The zero-order valence-electron chi connectivity index (χ0n) is 19.4. The van der Waals surface area contributed by atoms with Gasteiger partial charge in [-0.1, -0.05) is 17.7 Å². The van der Waals surface area contributed by atoms with Gasteiger partial charge in [-0.2, -0.15) is 0 Å². The molecule has 0 unspecified atom stereocenters. The van der Waals surface area contributed by atoms with E-state index in [9.17, 15) is 9.59 Å². The monoisotopic (exact) mass is 448 g/mol. The molecule has 0 saturated carbocycles. The fraction of sp³-hybridized carbons (Fsp3) is 0.231. The maximum absolute atomic E-state index is 12.8. The van der Waals surface area contributed by atoms with Crippen LogP contribution in [0.25, 0.3) is 0 Å². The summed E-state index contributed by atoms with van der Waals surface area (Å²) in [4.78, 5) is 25.1. The highest BCUT2D eigenvalue weighted by Gasteiger charge is 2.15. The molecule has 0 atom stereocenters. The SMILES string of the molecule is COc1ccc(NC(=O)COc2ccc(C(=O)Nc3c(C)cc(C)cc3C)cc2OC)cc1. The molecule has 0 heterocycles. The van der Waals surface area contributed by atoms with E-state index in [-0.39, 0.29) is 18.4 Å². The van der Waals surface area contributed by atoms with Gasteiger partial charge in [-0.15, -0.1) is 0 Å². The summed E-state index contributed by atoms with van der Waals surface area (Å²) in [5, 5.41) is 5.72. The Kier molecular flexibility index (Phi) is 7.56. The third-order valence-electron chi connectivity index (χ3n) is 5.07. The first kappa shape index (κ1) is 23.7. The van der Waals surface area contributed by atoms with Crippen LogP contribution in [0.5, 0.6) is 17.2 Å². The van der Waals surface area contributed by atoms with Gasteiger partial charge in [-0.05, 0) is 74.4 Å². The van der Waals surface area contributed by atoms with Crippen molar-refractivity contribution in [1.82, 2.24) is 0 Å². The molecular weight excluding hydrogens is 420 g/mol. The molecule has 0 aliphatic rings. The predicted octanol–water partition coefficient (Wildman–Crippen LogP) is 4.90. The average Bonchev–Trinajstić information content (AvgIpc) is 2.80. The number of carbonyl (C=O) groups excluding carboxylic acids is 2. The second kappa shape index (κ2) is 10.5. The van der Waals surface area contributed by atoms with Crippen LogP contribution in [0.15, 0.2) is 54.6 Å². The Bertz CT molecular complexity index is 1130. The van der Waals surface area contributed by atoms with E-state index < -0.39 is 0 Å². The number of carbonyl (C=O) groups is 2. The number of ether oxygens (including phenoxy) is 3. The summed E-state index contributed by atoms with van der Waals surface area (Å²) >= 11 is 0. The molecule has 0 radical (unpaired) electrons. The lowest BCUT2D eigenvalue weighted by molar-refractivity contribution is -0.118. The molecule has 2 N–H and O–H groups in total. The third kappa shape index (κ3) is 6.04. The molecule has 3 rings (SSSR count). The topological polar surface area (TPSA) is 85.9 Å². The van der Waals surface area contributed by atoms with E-state index in [1.165, 1.54) is 7.11 Å². The Hall–Kier alpha value is -4.00. The van der Waals surface area contributed by atoms with Crippen molar-refractivity contribution in [2.24, 2.45) is 0 Å². The smallest absolute Gasteiger partial charge is 0.262 e. The highest BCUT2D eigenvalue weighted by Crippen LogP contribution is 2.29. The molecule has 0 bridgehead atoms. The Labute approximate surface area is 193 Å². The zero-order chi connectivity index (χ0) is 24.0. The van der Waals surface area contributed by atoms with Crippen molar-refractivity contribution >= 4 is 23.2 Å². The number of benzene rings is 3. The number of hydrogen-bond acceptors (Lipinski definition) is 5. The van der Waals surface area contributed by atoms with Gasteiger partial charge in [0, 0.05) is 16.9 Å². The van der Waals surface area contributed by atoms with Crippen LogP contribution in [-0.2, 0) is 4.79 Å². The van der Waals surface area contributed by atoms with Crippen molar-refractivity contribution < 1.29 is 23.8 Å². The largest absolute Gasteiger partial charge is 0.497 e. The highest BCUT2D eigenvalue weighted by molar-refractivity contribution is 6.05. The van der Waals surface area contributed by atoms with Crippen LogP contribution < -0.4 is 24.8 Å². The number of hydrogen-bond donors (Lipinski definition) is 2. The van der Waals surface area contributed by atoms with E-state index in [1.807, 2.05) is 32.9 Å². The molecule has 3 aromatic rings. The fourth-order valence-corrected chi connectivity index (χ4v) is 3.51. The highest BCUT2D eigenvalue weighted by atomic mass is 16.5. The van der Waals surface area contributed by atoms with Gasteiger partial charge < -0.3 is 24.8 Å². The number of anilines is 2. The molecule has 172 valence electrons. The van der Waals surface area contributed by atoms with E-state index in [0.717, 1.165) is 22.4 Å². The number of amides is 2. The average molecular weight is 449 g/mol. The van der Waals surface area contributed by atoms with Crippen LogP contribution >= 0.6 is 0 Å². The first-order valence-electron chi connectivity index (χ1n) is 10.4. The van der Waals surface area contributed by atoms with Gasteiger partial charge in [0.25, 0.3) is 11.8 Å². The van der Waals surface area contributed by atoms with Crippen molar-refractivity contribution in [3.8, 4) is 17.2 Å². The number of aryl methyl sites for hydroxylation is 3. The van der Waals surface area contributed by atoms with Crippen LogP contribution in [0.4, 0.5) is 11.4 Å². The quantitative estimate of drug-likeness (QED) is 0.512. The van der Waals surface area contributed by atoms with Crippen LogP contribution in [0.2, 0.25) is 0 Å². The van der Waals surface area contributed by atoms with Crippen molar-refractivity contribution in [2.45, 2.75) is 20.8 Å². The van der Waals surface area contributed by atoms with E-state index in [1.54, 1.807) is 49.6 Å². The summed E-state index contributed by atoms with van der Waals surface area (Å²) in [7, 11) is 3.06. The molecule has 7 heteroatoms. The maximum atomic E-state index is 12.8. The molecule has 7 nitrogen and oxygen atoms in total. The lowest BCUT2D eigenvalue weighted by atomic mass is 10.0. The van der Waals surface area contributed by atoms with Crippen molar-refractivity contribution in [1.29, 1.82) is 0 Å². The van der Waals surface area contributed by atoms with E-state index in [2.05, 4.69) is 10.6 Å². The Morgan fingerprint density at radius 2 is 1.45 bits per heavy atom. The van der Waals surface area contributed by atoms with Crippen LogP contribution in [0, 0.1) is 20.8 Å². The lowest BCUT2D eigenvalue weighted by Crippen LogP contribution is -2.20. The summed E-state index contributed by atoms with van der Waals surface area (Å²) < 4.78 is 16.1. The minimum Gasteiger partial charge on any atom is -0.497 e. The molecule has 0 fully saturated rings. The molecule has 0 aromatic heterocycles. The van der Waals surface area contributed by atoms with E-state index >= 15 is 0 Å². The van der Waals surface area contributed by atoms with Crippen LogP contribution in [0.3, 0.4) is 0 Å². The van der Waals surface area contributed by atoms with Gasteiger partial charge in [0.15, 0.2) is 18.1 Å². The number of nitrogens with one attached hydrogen (secondary N) is 2. The first-order chi connectivity index (χ1) is 15.8.